The van der Waals surface area contributed by atoms with E-state index in [1.165, 1.54) is 6.07 Å². The van der Waals surface area contributed by atoms with E-state index in [1.54, 1.807) is 0 Å². The van der Waals surface area contributed by atoms with Gasteiger partial charge in [0.25, 0.3) is 11.8 Å². The SMILES string of the molecule is O=CNCC(N1CCC(O)(C(=O)NCc2cc(F)cc(Cl)c2)C1=O)C(F)(F)F. The summed E-state index contributed by atoms with van der Waals surface area (Å²) < 4.78 is 52.9. The van der Waals surface area contributed by atoms with E-state index in [0.29, 0.717) is 4.90 Å². The summed E-state index contributed by atoms with van der Waals surface area (Å²) in [7, 11) is 0. The highest BCUT2D eigenvalue weighted by atomic mass is 35.5. The normalized spacial score (nSPS) is 20.8. The number of halogens is 5. The summed E-state index contributed by atoms with van der Waals surface area (Å²) in [6.45, 7) is -1.77. The second-order valence-corrected chi connectivity index (χ2v) is 6.59. The molecule has 7 nitrogen and oxygen atoms in total. The Morgan fingerprint density at radius 1 is 1.39 bits per heavy atom. The topological polar surface area (TPSA) is 98.7 Å². The van der Waals surface area contributed by atoms with Crippen molar-refractivity contribution in [1.82, 2.24) is 15.5 Å². The third-order valence-electron chi connectivity index (χ3n) is 4.23. The van der Waals surface area contributed by atoms with Crippen molar-refractivity contribution in [3.8, 4) is 0 Å². The van der Waals surface area contributed by atoms with Crippen LogP contribution in [-0.4, -0.2) is 59.1 Å². The van der Waals surface area contributed by atoms with Gasteiger partial charge in [0.2, 0.25) is 12.0 Å². The van der Waals surface area contributed by atoms with Gasteiger partial charge >= 0.3 is 6.18 Å². The summed E-state index contributed by atoms with van der Waals surface area (Å²) in [6.07, 6.45) is -5.41. The Hall–Kier alpha value is -2.40. The van der Waals surface area contributed by atoms with E-state index in [1.807, 2.05) is 5.32 Å². The first kappa shape index (κ1) is 21.9. The highest BCUT2D eigenvalue weighted by Gasteiger charge is 2.57. The summed E-state index contributed by atoms with van der Waals surface area (Å²) >= 11 is 5.68. The van der Waals surface area contributed by atoms with Crippen LogP contribution in [0.1, 0.15) is 12.0 Å². The molecule has 0 radical (unpaired) electrons. The van der Waals surface area contributed by atoms with E-state index >= 15 is 0 Å². The maximum Gasteiger partial charge on any atom is 0.410 e. The maximum atomic E-state index is 13.3. The molecule has 1 aromatic carbocycles. The Bertz CT molecular complexity index is 756. The molecule has 1 heterocycles. The van der Waals surface area contributed by atoms with Crippen molar-refractivity contribution in [3.63, 3.8) is 0 Å². The predicted molar refractivity (Wildman–Crippen MR) is 88.4 cm³/mol. The number of amides is 3. The molecule has 0 aromatic heterocycles. The number of nitrogens with one attached hydrogen (secondary N) is 2. The lowest BCUT2D eigenvalue weighted by molar-refractivity contribution is -0.189. The van der Waals surface area contributed by atoms with E-state index in [-0.39, 0.29) is 23.5 Å². The number of likely N-dealkylation sites (tertiary alicyclic amines) is 1. The van der Waals surface area contributed by atoms with E-state index < -0.39 is 55.0 Å². The Morgan fingerprint density at radius 2 is 2.07 bits per heavy atom. The van der Waals surface area contributed by atoms with Crippen LogP contribution < -0.4 is 10.6 Å². The molecule has 154 valence electrons. The average molecular weight is 426 g/mol. The molecule has 2 unspecified atom stereocenters. The lowest BCUT2D eigenvalue weighted by atomic mass is 10.0. The fraction of sp³-hybridized carbons (Fsp3) is 0.438. The standard InChI is InChI=1S/C16H16ClF4N3O4/c17-10-3-9(4-11(18)5-10)6-23-13(26)15(28)1-2-24(14(15)27)12(7-22-8-25)16(19,20)21/h3-5,8,12,28H,1-2,6-7H2,(H,22,25)(H,23,26). The number of benzene rings is 1. The molecule has 1 saturated heterocycles. The van der Waals surface area contributed by atoms with Crippen molar-refractivity contribution < 1.29 is 37.1 Å². The molecule has 28 heavy (non-hydrogen) atoms. The summed E-state index contributed by atoms with van der Waals surface area (Å²) in [5.41, 5.74) is -2.48. The molecule has 0 aliphatic carbocycles. The van der Waals surface area contributed by atoms with Gasteiger partial charge in [-0.25, -0.2) is 4.39 Å². The van der Waals surface area contributed by atoms with Gasteiger partial charge in [0.1, 0.15) is 11.9 Å². The van der Waals surface area contributed by atoms with E-state index in [2.05, 4.69) is 5.32 Å². The lowest BCUT2D eigenvalue weighted by Crippen LogP contribution is -2.57. The van der Waals surface area contributed by atoms with Crippen molar-refractivity contribution >= 4 is 29.8 Å². The van der Waals surface area contributed by atoms with Crippen molar-refractivity contribution in [1.29, 1.82) is 0 Å². The largest absolute Gasteiger partial charge is 0.410 e. The van der Waals surface area contributed by atoms with E-state index in [0.717, 1.165) is 12.1 Å². The number of rotatable bonds is 7. The molecule has 1 aromatic rings. The lowest BCUT2D eigenvalue weighted by Gasteiger charge is -2.30. The van der Waals surface area contributed by atoms with Crippen LogP contribution in [0.4, 0.5) is 17.6 Å². The molecule has 1 aliphatic rings. The number of hydrogen-bond donors (Lipinski definition) is 3. The van der Waals surface area contributed by atoms with Crippen LogP contribution in [0.3, 0.4) is 0 Å². The third-order valence-corrected chi connectivity index (χ3v) is 4.45. The fourth-order valence-corrected chi connectivity index (χ4v) is 3.08. The number of aliphatic hydroxyl groups is 1. The van der Waals surface area contributed by atoms with Crippen molar-refractivity contribution in [2.75, 3.05) is 13.1 Å². The van der Waals surface area contributed by atoms with E-state index in [4.69, 9.17) is 11.6 Å². The van der Waals surface area contributed by atoms with Gasteiger partial charge in [-0.05, 0) is 23.8 Å². The van der Waals surface area contributed by atoms with Gasteiger partial charge in [-0.1, -0.05) is 11.6 Å². The van der Waals surface area contributed by atoms with Crippen LogP contribution in [0.15, 0.2) is 18.2 Å². The first-order valence-corrected chi connectivity index (χ1v) is 8.37. The van der Waals surface area contributed by atoms with Crippen LogP contribution in [0, 0.1) is 5.82 Å². The molecule has 0 spiro atoms. The van der Waals surface area contributed by atoms with Crippen molar-refractivity contribution in [3.05, 3.63) is 34.6 Å². The number of nitrogens with zero attached hydrogens (tertiary/aromatic N) is 1. The fourth-order valence-electron chi connectivity index (χ4n) is 2.84. The molecular formula is C16H16ClF4N3O4. The first-order valence-electron chi connectivity index (χ1n) is 7.99. The minimum absolute atomic E-state index is 0.0440. The molecule has 2 atom stereocenters. The minimum atomic E-state index is -4.88. The molecule has 1 aliphatic heterocycles. The van der Waals surface area contributed by atoms with Crippen LogP contribution in [0.25, 0.3) is 0 Å². The molecular weight excluding hydrogens is 410 g/mol. The molecule has 0 bridgehead atoms. The minimum Gasteiger partial charge on any atom is -0.372 e. The zero-order valence-electron chi connectivity index (χ0n) is 14.2. The van der Waals surface area contributed by atoms with Crippen LogP contribution in [-0.2, 0) is 20.9 Å². The summed E-state index contributed by atoms with van der Waals surface area (Å²) in [4.78, 5) is 35.2. The number of alkyl halides is 3. The predicted octanol–water partition coefficient (Wildman–Crippen LogP) is 0.736. The van der Waals surface area contributed by atoms with Gasteiger partial charge in [-0.15, -0.1) is 0 Å². The Kier molecular flexibility index (Phi) is 6.50. The quantitative estimate of drug-likeness (QED) is 0.341. The summed E-state index contributed by atoms with van der Waals surface area (Å²) in [5, 5.41) is 14.5. The highest BCUT2D eigenvalue weighted by Crippen LogP contribution is 2.32. The number of carbonyl (C=O) groups excluding carboxylic acids is 3. The van der Waals surface area contributed by atoms with Crippen LogP contribution >= 0.6 is 11.6 Å². The second-order valence-electron chi connectivity index (χ2n) is 6.15. The molecule has 1 fully saturated rings. The molecule has 3 amide bonds. The number of carbonyl (C=O) groups is 3. The van der Waals surface area contributed by atoms with Crippen molar-refractivity contribution in [2.45, 2.75) is 30.8 Å². The zero-order valence-corrected chi connectivity index (χ0v) is 15.0. The maximum absolute atomic E-state index is 13.3. The zero-order chi connectivity index (χ0) is 21.1. The molecule has 12 heteroatoms. The molecule has 0 saturated carbocycles. The van der Waals surface area contributed by atoms with Gasteiger partial charge in [0, 0.05) is 31.1 Å². The van der Waals surface area contributed by atoms with Gasteiger partial charge in [0.15, 0.2) is 0 Å². The first-order chi connectivity index (χ1) is 13.0. The molecule has 2 rings (SSSR count). The Balaban J connectivity index is 2.11. The smallest absolute Gasteiger partial charge is 0.372 e. The molecule has 3 N–H and O–H groups in total. The second kappa shape index (κ2) is 8.31. The monoisotopic (exact) mass is 425 g/mol. The van der Waals surface area contributed by atoms with E-state index in [9.17, 15) is 37.1 Å². The summed E-state index contributed by atoms with van der Waals surface area (Å²) in [6, 6.07) is 1.03. The Morgan fingerprint density at radius 3 is 2.64 bits per heavy atom. The van der Waals surface area contributed by atoms with Gasteiger partial charge in [0.05, 0.1) is 0 Å². The Labute approximate surface area is 161 Å². The van der Waals surface area contributed by atoms with Gasteiger partial charge in [-0.2, -0.15) is 13.2 Å². The average Bonchev–Trinajstić information content (AvgIpc) is 2.88. The van der Waals surface area contributed by atoms with Crippen LogP contribution in [0.2, 0.25) is 5.02 Å². The summed E-state index contributed by atoms with van der Waals surface area (Å²) in [5.74, 6) is -3.32. The van der Waals surface area contributed by atoms with Crippen LogP contribution in [0.5, 0.6) is 0 Å². The van der Waals surface area contributed by atoms with Gasteiger partial charge < -0.3 is 20.6 Å². The van der Waals surface area contributed by atoms with Gasteiger partial charge in [-0.3, -0.25) is 14.4 Å². The van der Waals surface area contributed by atoms with Crippen molar-refractivity contribution in [2.24, 2.45) is 0 Å². The third kappa shape index (κ3) is 4.71. The highest BCUT2D eigenvalue weighted by molar-refractivity contribution is 6.30. The number of hydrogen-bond acceptors (Lipinski definition) is 4.